The maximum absolute atomic E-state index is 12.3. The number of para-hydroxylation sites is 2. The summed E-state index contributed by atoms with van der Waals surface area (Å²) in [4.78, 5) is 16.7. The molecule has 0 bridgehead atoms. The van der Waals surface area contributed by atoms with Crippen molar-refractivity contribution in [3.63, 3.8) is 0 Å². The molecule has 10 heteroatoms. The van der Waals surface area contributed by atoms with Gasteiger partial charge in [0.25, 0.3) is 5.91 Å². The summed E-state index contributed by atoms with van der Waals surface area (Å²) >= 11 is 18.3. The third kappa shape index (κ3) is 5.69. The molecule has 0 unspecified atom stereocenters. The largest absolute Gasteiger partial charge is 0.493 e. The minimum absolute atomic E-state index is 0.177. The van der Waals surface area contributed by atoms with Crippen LogP contribution in [0.3, 0.4) is 0 Å². The van der Waals surface area contributed by atoms with Gasteiger partial charge in [0.2, 0.25) is 5.89 Å². The van der Waals surface area contributed by atoms with Crippen molar-refractivity contribution >= 4 is 69.1 Å². The molecule has 0 radical (unpaired) electrons. The first-order valence-electron chi connectivity index (χ1n) is 10.1. The van der Waals surface area contributed by atoms with Crippen LogP contribution in [0.15, 0.2) is 59.0 Å². The Balaban J connectivity index is 1.52. The Kier molecular flexibility index (Phi) is 7.47. The molecule has 0 saturated heterocycles. The van der Waals surface area contributed by atoms with Crippen LogP contribution in [0.1, 0.15) is 11.5 Å². The van der Waals surface area contributed by atoms with Crippen LogP contribution in [0.5, 0.6) is 11.5 Å². The Hall–Kier alpha value is -3.70. The Morgan fingerprint density at radius 3 is 2.63 bits per heavy atom. The maximum Gasteiger partial charge on any atom is 0.262 e. The Morgan fingerprint density at radius 1 is 1.11 bits per heavy atom. The summed E-state index contributed by atoms with van der Waals surface area (Å²) in [6, 6.07) is 17.2. The molecular formula is C25H16Cl3N3O4. The molecule has 0 aliphatic rings. The van der Waals surface area contributed by atoms with Crippen molar-refractivity contribution in [2.45, 2.75) is 0 Å². The molecule has 1 aromatic heterocycles. The average Bonchev–Trinajstić information content (AvgIpc) is 3.28. The minimum Gasteiger partial charge on any atom is -0.493 e. The molecule has 0 aliphatic carbocycles. The normalized spacial score (nSPS) is 11.2. The van der Waals surface area contributed by atoms with Crippen LogP contribution < -0.4 is 14.8 Å². The molecule has 35 heavy (non-hydrogen) atoms. The highest BCUT2D eigenvalue weighted by atomic mass is 35.5. The zero-order valence-corrected chi connectivity index (χ0v) is 20.4. The highest BCUT2D eigenvalue weighted by molar-refractivity contribution is 6.42. The number of carbonyl (C=O) groups excluding carboxylic acids is 1. The summed E-state index contributed by atoms with van der Waals surface area (Å²) in [6.45, 7) is -0.335. The molecule has 0 saturated carbocycles. The lowest BCUT2D eigenvalue weighted by Crippen LogP contribution is -2.20. The summed E-state index contributed by atoms with van der Waals surface area (Å²) in [5.41, 5.74) is 2.44. The minimum atomic E-state index is -0.437. The summed E-state index contributed by atoms with van der Waals surface area (Å²) in [5.74, 6) is 0.202. The van der Waals surface area contributed by atoms with E-state index in [-0.39, 0.29) is 34.6 Å². The highest BCUT2D eigenvalue weighted by Crippen LogP contribution is 2.37. The van der Waals surface area contributed by atoms with Crippen molar-refractivity contribution in [1.82, 2.24) is 4.98 Å². The van der Waals surface area contributed by atoms with Gasteiger partial charge in [-0.15, -0.1) is 0 Å². The average molecular weight is 529 g/mol. The summed E-state index contributed by atoms with van der Waals surface area (Å²) < 4.78 is 16.7. The topological polar surface area (TPSA) is 97.4 Å². The molecule has 7 nitrogen and oxygen atoms in total. The van der Waals surface area contributed by atoms with Crippen molar-refractivity contribution in [2.75, 3.05) is 19.0 Å². The number of rotatable bonds is 7. The summed E-state index contributed by atoms with van der Waals surface area (Å²) in [7, 11) is 1.44. The van der Waals surface area contributed by atoms with Crippen molar-refractivity contribution in [3.05, 3.63) is 81.1 Å². The molecule has 0 atom stereocenters. The Morgan fingerprint density at radius 2 is 1.91 bits per heavy atom. The third-order valence-electron chi connectivity index (χ3n) is 4.76. The monoisotopic (exact) mass is 527 g/mol. The van der Waals surface area contributed by atoms with E-state index in [0.29, 0.717) is 32.4 Å². The van der Waals surface area contributed by atoms with E-state index in [0.717, 1.165) is 0 Å². The molecule has 1 heterocycles. The number of oxazole rings is 1. The van der Waals surface area contributed by atoms with Gasteiger partial charge in [-0.3, -0.25) is 4.79 Å². The zero-order chi connectivity index (χ0) is 24.9. The van der Waals surface area contributed by atoms with Crippen molar-refractivity contribution in [1.29, 1.82) is 5.26 Å². The van der Waals surface area contributed by atoms with E-state index in [9.17, 15) is 10.1 Å². The molecule has 0 spiro atoms. The Labute approximate surface area is 215 Å². The van der Waals surface area contributed by atoms with Gasteiger partial charge < -0.3 is 19.2 Å². The lowest BCUT2D eigenvalue weighted by Gasteiger charge is -2.13. The first-order valence-corrected chi connectivity index (χ1v) is 11.2. The molecule has 4 aromatic rings. The van der Waals surface area contributed by atoms with Crippen LogP contribution in [-0.4, -0.2) is 24.6 Å². The first kappa shape index (κ1) is 24.4. The van der Waals surface area contributed by atoms with Crippen molar-refractivity contribution in [2.24, 2.45) is 0 Å². The van der Waals surface area contributed by atoms with Crippen LogP contribution in [-0.2, 0) is 4.79 Å². The van der Waals surface area contributed by atoms with Crippen LogP contribution >= 0.6 is 34.8 Å². The van der Waals surface area contributed by atoms with Crippen molar-refractivity contribution in [3.8, 4) is 17.6 Å². The fourth-order valence-corrected chi connectivity index (χ4v) is 3.74. The number of amides is 1. The zero-order valence-electron chi connectivity index (χ0n) is 18.1. The van der Waals surface area contributed by atoms with E-state index in [1.807, 2.05) is 12.1 Å². The first-order chi connectivity index (χ1) is 16.9. The van der Waals surface area contributed by atoms with Crippen LogP contribution in [0.2, 0.25) is 15.1 Å². The fraction of sp³-hybridized carbons (Fsp3) is 0.0800. The molecule has 3 aromatic carbocycles. The SMILES string of the molecule is COc1cc(/C=C(\C#N)c2nc3ccccc3o2)cc(Cl)c1OCC(=O)Nc1ccc(Cl)c(Cl)c1. The molecule has 0 fully saturated rings. The maximum atomic E-state index is 12.3. The predicted molar refractivity (Wildman–Crippen MR) is 136 cm³/mol. The lowest BCUT2D eigenvalue weighted by molar-refractivity contribution is -0.118. The second kappa shape index (κ2) is 10.7. The van der Waals surface area contributed by atoms with E-state index in [1.165, 1.54) is 13.2 Å². The predicted octanol–water partition coefficient (Wildman–Crippen LogP) is 6.88. The molecule has 1 N–H and O–H groups in total. The Bertz CT molecular complexity index is 1460. The second-order valence-corrected chi connectivity index (χ2v) is 8.38. The molecule has 0 aliphatic heterocycles. The number of anilines is 1. The van der Waals surface area contributed by atoms with Gasteiger partial charge in [-0.1, -0.05) is 46.9 Å². The van der Waals surface area contributed by atoms with Gasteiger partial charge >= 0.3 is 0 Å². The third-order valence-corrected chi connectivity index (χ3v) is 5.78. The number of fused-ring (bicyclic) bond motifs is 1. The van der Waals surface area contributed by atoms with Crippen molar-refractivity contribution < 1.29 is 18.7 Å². The highest BCUT2D eigenvalue weighted by Gasteiger charge is 2.16. The number of halogens is 3. The van der Waals surface area contributed by atoms with E-state index >= 15 is 0 Å². The number of nitrogens with zero attached hydrogens (tertiary/aromatic N) is 2. The number of hydrogen-bond donors (Lipinski definition) is 1. The molecular weight excluding hydrogens is 513 g/mol. The number of carbonyl (C=O) groups is 1. The number of benzene rings is 3. The summed E-state index contributed by atoms with van der Waals surface area (Å²) in [5, 5.41) is 13.2. The molecule has 1 amide bonds. The lowest BCUT2D eigenvalue weighted by atomic mass is 10.1. The number of allylic oxidation sites excluding steroid dienone is 1. The smallest absolute Gasteiger partial charge is 0.262 e. The van der Waals surface area contributed by atoms with Gasteiger partial charge in [-0.25, -0.2) is 4.98 Å². The van der Waals surface area contributed by atoms with Crippen LogP contribution in [0.25, 0.3) is 22.7 Å². The quantitative estimate of drug-likeness (QED) is 0.263. The van der Waals surface area contributed by atoms with Gasteiger partial charge in [0.1, 0.15) is 17.2 Å². The van der Waals surface area contributed by atoms with E-state index < -0.39 is 5.91 Å². The van der Waals surface area contributed by atoms with E-state index in [4.69, 9.17) is 48.7 Å². The number of nitrogens with one attached hydrogen (secondary N) is 1. The number of aromatic nitrogens is 1. The van der Waals surface area contributed by atoms with E-state index in [2.05, 4.69) is 16.4 Å². The number of hydrogen-bond acceptors (Lipinski definition) is 6. The molecule has 176 valence electrons. The van der Waals surface area contributed by atoms with Crippen LogP contribution in [0.4, 0.5) is 5.69 Å². The van der Waals surface area contributed by atoms with Gasteiger partial charge in [0.05, 0.1) is 22.2 Å². The summed E-state index contributed by atoms with van der Waals surface area (Å²) in [6.07, 6.45) is 1.57. The van der Waals surface area contributed by atoms with Gasteiger partial charge in [0, 0.05) is 5.69 Å². The number of methoxy groups -OCH3 is 1. The molecule has 4 rings (SSSR count). The van der Waals surface area contributed by atoms with Crippen LogP contribution in [0, 0.1) is 11.3 Å². The number of nitriles is 1. The second-order valence-electron chi connectivity index (χ2n) is 7.16. The van der Waals surface area contributed by atoms with Gasteiger partial charge in [-0.2, -0.15) is 5.26 Å². The van der Waals surface area contributed by atoms with Gasteiger partial charge in [0.15, 0.2) is 23.7 Å². The fourth-order valence-electron chi connectivity index (χ4n) is 3.17. The number of ether oxygens (including phenoxy) is 2. The standard InChI is InChI=1S/C25H16Cl3N3O4/c1-33-22-10-14(8-15(12-29)25-31-20-4-2-3-5-21(20)35-25)9-19(28)24(22)34-13-23(32)30-16-6-7-17(26)18(27)11-16/h2-11H,13H2,1H3,(H,30,32)/b15-8+. The van der Waals surface area contributed by atoms with E-state index in [1.54, 1.807) is 42.5 Å². The van der Waals surface area contributed by atoms with Gasteiger partial charge in [-0.05, 0) is 54.1 Å².